The van der Waals surface area contributed by atoms with Crippen molar-refractivity contribution in [3.63, 3.8) is 0 Å². The number of ether oxygens (including phenoxy) is 2. The van der Waals surface area contributed by atoms with Crippen LogP contribution >= 0.6 is 0 Å². The summed E-state index contributed by atoms with van der Waals surface area (Å²) in [5.74, 6) is 2.34. The van der Waals surface area contributed by atoms with E-state index < -0.39 is 0 Å². The SMILES string of the molecule is COc1ccc(CC(C)NCc2ccno2)cc1OC. The van der Waals surface area contributed by atoms with E-state index in [4.69, 9.17) is 14.0 Å². The van der Waals surface area contributed by atoms with Crippen LogP contribution in [0.5, 0.6) is 11.5 Å². The minimum atomic E-state index is 0.318. The molecule has 0 aliphatic heterocycles. The summed E-state index contributed by atoms with van der Waals surface area (Å²) in [5, 5.41) is 7.07. The number of aromatic nitrogens is 1. The van der Waals surface area contributed by atoms with Crippen molar-refractivity contribution >= 4 is 0 Å². The largest absolute Gasteiger partial charge is 0.493 e. The predicted octanol–water partition coefficient (Wildman–Crippen LogP) is 2.41. The fourth-order valence-electron chi connectivity index (χ4n) is 2.04. The van der Waals surface area contributed by atoms with Gasteiger partial charge in [-0.2, -0.15) is 0 Å². The Labute approximate surface area is 118 Å². The second kappa shape index (κ2) is 6.96. The highest BCUT2D eigenvalue weighted by Crippen LogP contribution is 2.27. The molecule has 1 aromatic heterocycles. The molecule has 20 heavy (non-hydrogen) atoms. The molecular formula is C15H20N2O3. The van der Waals surface area contributed by atoms with Crippen LogP contribution in [0.4, 0.5) is 0 Å². The van der Waals surface area contributed by atoms with Gasteiger partial charge in [0, 0.05) is 12.1 Å². The first-order valence-electron chi connectivity index (χ1n) is 6.56. The van der Waals surface area contributed by atoms with Crippen molar-refractivity contribution in [1.29, 1.82) is 0 Å². The molecule has 0 saturated heterocycles. The molecule has 0 amide bonds. The third kappa shape index (κ3) is 3.74. The number of benzene rings is 1. The molecule has 0 fully saturated rings. The Morgan fingerprint density at radius 1 is 1.20 bits per heavy atom. The summed E-state index contributed by atoms with van der Waals surface area (Å²) >= 11 is 0. The van der Waals surface area contributed by atoms with E-state index >= 15 is 0 Å². The summed E-state index contributed by atoms with van der Waals surface area (Å²) < 4.78 is 15.6. The fraction of sp³-hybridized carbons (Fsp3) is 0.400. The summed E-state index contributed by atoms with van der Waals surface area (Å²) in [5.41, 5.74) is 1.19. The molecule has 1 unspecified atom stereocenters. The molecular weight excluding hydrogens is 256 g/mol. The molecule has 1 aromatic carbocycles. The highest BCUT2D eigenvalue weighted by Gasteiger charge is 2.08. The van der Waals surface area contributed by atoms with Crippen molar-refractivity contribution in [3.05, 3.63) is 41.8 Å². The van der Waals surface area contributed by atoms with Crippen molar-refractivity contribution in [2.45, 2.75) is 25.9 Å². The summed E-state index contributed by atoms with van der Waals surface area (Å²) in [6, 6.07) is 8.16. The molecule has 1 heterocycles. The van der Waals surface area contributed by atoms with Crippen LogP contribution in [0.1, 0.15) is 18.2 Å². The first-order chi connectivity index (χ1) is 9.72. The number of methoxy groups -OCH3 is 2. The summed E-state index contributed by atoms with van der Waals surface area (Å²) in [7, 11) is 3.28. The predicted molar refractivity (Wildman–Crippen MR) is 76.1 cm³/mol. The molecule has 1 atom stereocenters. The lowest BCUT2D eigenvalue weighted by Crippen LogP contribution is -2.27. The molecule has 5 heteroatoms. The number of nitrogens with one attached hydrogen (secondary N) is 1. The molecule has 0 aliphatic carbocycles. The third-order valence-electron chi connectivity index (χ3n) is 3.11. The van der Waals surface area contributed by atoms with Gasteiger partial charge in [-0.3, -0.25) is 0 Å². The first kappa shape index (κ1) is 14.4. The number of nitrogens with zero attached hydrogens (tertiary/aromatic N) is 1. The van der Waals surface area contributed by atoms with E-state index in [1.807, 2.05) is 24.3 Å². The zero-order chi connectivity index (χ0) is 14.4. The first-order valence-corrected chi connectivity index (χ1v) is 6.56. The Hall–Kier alpha value is -2.01. The standard InChI is InChI=1S/C15H20N2O3/c1-11(16-10-13-6-7-17-20-13)8-12-4-5-14(18-2)15(9-12)19-3/h4-7,9,11,16H,8,10H2,1-3H3. The maximum Gasteiger partial charge on any atom is 0.160 e. The normalized spacial score (nSPS) is 12.2. The van der Waals surface area contributed by atoms with Gasteiger partial charge in [-0.1, -0.05) is 11.2 Å². The van der Waals surface area contributed by atoms with Crippen molar-refractivity contribution in [3.8, 4) is 11.5 Å². The van der Waals surface area contributed by atoms with Gasteiger partial charge >= 0.3 is 0 Å². The molecule has 0 aliphatic rings. The Morgan fingerprint density at radius 2 is 2.00 bits per heavy atom. The molecule has 2 aromatic rings. The van der Waals surface area contributed by atoms with E-state index in [1.165, 1.54) is 5.56 Å². The molecule has 5 nitrogen and oxygen atoms in total. The van der Waals surface area contributed by atoms with Gasteiger partial charge in [0.25, 0.3) is 0 Å². The molecule has 108 valence electrons. The molecule has 0 bridgehead atoms. The van der Waals surface area contributed by atoms with Crippen LogP contribution in [0.15, 0.2) is 35.0 Å². The van der Waals surface area contributed by atoms with Crippen LogP contribution in [-0.2, 0) is 13.0 Å². The molecule has 0 spiro atoms. The highest BCUT2D eigenvalue weighted by atomic mass is 16.5. The van der Waals surface area contributed by atoms with Gasteiger partial charge in [0.15, 0.2) is 11.5 Å². The zero-order valence-corrected chi connectivity index (χ0v) is 12.1. The summed E-state index contributed by atoms with van der Waals surface area (Å²) in [4.78, 5) is 0. The Morgan fingerprint density at radius 3 is 2.65 bits per heavy atom. The van der Waals surface area contributed by atoms with Crippen LogP contribution in [0.3, 0.4) is 0 Å². The van der Waals surface area contributed by atoms with Gasteiger partial charge in [0.2, 0.25) is 0 Å². The van der Waals surface area contributed by atoms with E-state index in [0.29, 0.717) is 12.6 Å². The minimum absolute atomic E-state index is 0.318. The monoisotopic (exact) mass is 276 g/mol. The zero-order valence-electron chi connectivity index (χ0n) is 12.1. The van der Waals surface area contributed by atoms with Crippen molar-refractivity contribution in [1.82, 2.24) is 10.5 Å². The lowest BCUT2D eigenvalue weighted by molar-refractivity contribution is 0.353. The van der Waals surface area contributed by atoms with Gasteiger partial charge in [0.05, 0.1) is 27.0 Å². The third-order valence-corrected chi connectivity index (χ3v) is 3.11. The van der Waals surface area contributed by atoms with Crippen molar-refractivity contribution in [2.75, 3.05) is 14.2 Å². The Kier molecular flexibility index (Phi) is 5.01. The fourth-order valence-corrected chi connectivity index (χ4v) is 2.04. The van der Waals surface area contributed by atoms with Gasteiger partial charge in [-0.05, 0) is 31.0 Å². The molecule has 0 radical (unpaired) electrons. The van der Waals surface area contributed by atoms with E-state index in [-0.39, 0.29) is 0 Å². The second-order valence-corrected chi connectivity index (χ2v) is 4.65. The van der Waals surface area contributed by atoms with Crippen LogP contribution < -0.4 is 14.8 Å². The molecule has 2 rings (SSSR count). The van der Waals surface area contributed by atoms with Gasteiger partial charge in [-0.15, -0.1) is 0 Å². The maximum atomic E-state index is 5.31. The second-order valence-electron chi connectivity index (χ2n) is 4.65. The smallest absolute Gasteiger partial charge is 0.160 e. The van der Waals surface area contributed by atoms with Crippen LogP contribution in [0, 0.1) is 0 Å². The van der Waals surface area contributed by atoms with E-state index in [1.54, 1.807) is 20.4 Å². The molecule has 1 N–H and O–H groups in total. The minimum Gasteiger partial charge on any atom is -0.493 e. The summed E-state index contributed by atoms with van der Waals surface area (Å²) in [6.07, 6.45) is 2.55. The lowest BCUT2D eigenvalue weighted by atomic mass is 10.1. The average molecular weight is 276 g/mol. The number of rotatable bonds is 7. The topological polar surface area (TPSA) is 56.5 Å². The summed E-state index contributed by atoms with van der Waals surface area (Å²) in [6.45, 7) is 2.81. The van der Waals surface area contributed by atoms with Crippen LogP contribution in [0.2, 0.25) is 0 Å². The maximum absolute atomic E-state index is 5.31. The van der Waals surface area contributed by atoms with Gasteiger partial charge in [-0.25, -0.2) is 0 Å². The highest BCUT2D eigenvalue weighted by molar-refractivity contribution is 5.43. The van der Waals surface area contributed by atoms with Gasteiger partial charge in [0.1, 0.15) is 5.76 Å². The lowest BCUT2D eigenvalue weighted by Gasteiger charge is -2.14. The quantitative estimate of drug-likeness (QED) is 0.841. The Bertz CT molecular complexity index is 526. The molecule has 0 saturated carbocycles. The van der Waals surface area contributed by atoms with Gasteiger partial charge < -0.3 is 19.3 Å². The van der Waals surface area contributed by atoms with E-state index in [2.05, 4.69) is 17.4 Å². The van der Waals surface area contributed by atoms with Crippen LogP contribution in [0.25, 0.3) is 0 Å². The number of hydrogen-bond acceptors (Lipinski definition) is 5. The average Bonchev–Trinajstić information content (AvgIpc) is 2.98. The number of hydrogen-bond donors (Lipinski definition) is 1. The van der Waals surface area contributed by atoms with E-state index in [9.17, 15) is 0 Å². The van der Waals surface area contributed by atoms with Crippen LogP contribution in [-0.4, -0.2) is 25.4 Å². The Balaban J connectivity index is 1.91. The van der Waals surface area contributed by atoms with E-state index in [0.717, 1.165) is 23.7 Å². The van der Waals surface area contributed by atoms with Crippen molar-refractivity contribution < 1.29 is 14.0 Å². The van der Waals surface area contributed by atoms with Crippen molar-refractivity contribution in [2.24, 2.45) is 0 Å².